The van der Waals surface area contributed by atoms with Gasteiger partial charge in [0, 0.05) is 55.6 Å². The van der Waals surface area contributed by atoms with Crippen LogP contribution in [0.2, 0.25) is 0 Å². The number of aliphatic hydroxyl groups is 1. The predicted octanol–water partition coefficient (Wildman–Crippen LogP) is 5.92. The SMILES string of the molecule is CCC(C)(CNC(=O)CCC(=O)N1Cc2ccccc2-c2c(ncn2C(O)COC)-c2ccccc21)OCCC(C)(C)C(=O)C(C)C. The monoisotopic (exact) mass is 646 g/mol. The Hall–Kier alpha value is -3.86. The van der Waals surface area contributed by atoms with Gasteiger partial charge in [0.15, 0.2) is 6.23 Å². The predicted molar refractivity (Wildman–Crippen MR) is 183 cm³/mol. The number of hydrogen-bond donors (Lipinski definition) is 2. The van der Waals surface area contributed by atoms with Crippen molar-refractivity contribution in [2.75, 3.05) is 31.8 Å². The molecule has 1 aromatic heterocycles. The molecule has 4 rings (SSSR count). The van der Waals surface area contributed by atoms with Crippen LogP contribution in [0.1, 0.15) is 79.0 Å². The number of para-hydroxylation sites is 1. The lowest BCUT2D eigenvalue weighted by atomic mass is 9.80. The van der Waals surface area contributed by atoms with E-state index in [-0.39, 0.29) is 49.5 Å². The van der Waals surface area contributed by atoms with Gasteiger partial charge in [0.2, 0.25) is 11.8 Å². The molecule has 10 nitrogen and oxygen atoms in total. The number of aromatic nitrogens is 2. The summed E-state index contributed by atoms with van der Waals surface area (Å²) in [4.78, 5) is 45.8. The summed E-state index contributed by atoms with van der Waals surface area (Å²) in [6, 6.07) is 15.3. The number of carbonyl (C=O) groups excluding carboxylic acids is 3. The van der Waals surface area contributed by atoms with Crippen molar-refractivity contribution < 1.29 is 29.0 Å². The molecule has 2 heterocycles. The fraction of sp³-hybridized carbons (Fsp3) is 0.514. The average Bonchev–Trinajstić information content (AvgIpc) is 3.49. The van der Waals surface area contributed by atoms with E-state index in [9.17, 15) is 19.5 Å². The molecule has 10 heteroatoms. The van der Waals surface area contributed by atoms with Crippen LogP contribution in [0, 0.1) is 11.3 Å². The molecule has 0 fully saturated rings. The minimum atomic E-state index is -0.937. The van der Waals surface area contributed by atoms with Crippen LogP contribution in [-0.4, -0.2) is 64.7 Å². The number of fused-ring (bicyclic) bond motifs is 5. The van der Waals surface area contributed by atoms with Crippen LogP contribution in [0.5, 0.6) is 0 Å². The summed E-state index contributed by atoms with van der Waals surface area (Å²) in [6.45, 7) is 12.8. The molecule has 3 aromatic rings. The second-order valence-corrected chi connectivity index (χ2v) is 13.5. The molecule has 2 atom stereocenters. The van der Waals surface area contributed by atoms with Crippen LogP contribution in [-0.2, 0) is 30.4 Å². The van der Waals surface area contributed by atoms with E-state index >= 15 is 0 Å². The standard InChI is InChI=1S/C37H50N4O6/c1-8-37(6,47-20-19-36(4,5)35(45)25(2)3)23-38-30(42)17-18-31(43)40-21-26-13-9-10-14-27(26)34-33(28-15-11-12-16-29(28)40)39-24-41(34)32(44)22-46-7/h9-16,24-25,32,44H,8,17-23H2,1-7H3,(H,38,42). The number of imidazole rings is 1. The van der Waals surface area contributed by atoms with Gasteiger partial charge in [0.25, 0.3) is 0 Å². The topological polar surface area (TPSA) is 123 Å². The number of aliphatic hydroxyl groups excluding tert-OH is 1. The number of amides is 2. The zero-order valence-electron chi connectivity index (χ0n) is 28.8. The number of ether oxygens (including phenoxy) is 2. The van der Waals surface area contributed by atoms with Crippen molar-refractivity contribution in [2.45, 2.75) is 85.6 Å². The number of carbonyl (C=O) groups is 3. The van der Waals surface area contributed by atoms with E-state index in [4.69, 9.17) is 14.5 Å². The summed E-state index contributed by atoms with van der Waals surface area (Å²) < 4.78 is 13.1. The van der Waals surface area contributed by atoms with E-state index in [1.165, 1.54) is 7.11 Å². The molecule has 2 amide bonds. The first-order chi connectivity index (χ1) is 22.3. The fourth-order valence-electron chi connectivity index (χ4n) is 6.02. The van der Waals surface area contributed by atoms with Gasteiger partial charge in [-0.1, -0.05) is 77.1 Å². The van der Waals surface area contributed by atoms with Crippen molar-refractivity contribution in [3.63, 3.8) is 0 Å². The number of Topliss-reactive ketones (excluding diaryl/α,β-unsaturated/α-hetero) is 1. The van der Waals surface area contributed by atoms with Gasteiger partial charge in [-0.05, 0) is 31.4 Å². The lowest BCUT2D eigenvalue weighted by molar-refractivity contribution is -0.132. The fourth-order valence-corrected chi connectivity index (χ4v) is 6.02. The minimum Gasteiger partial charge on any atom is -0.380 e. The lowest BCUT2D eigenvalue weighted by Crippen LogP contribution is -2.43. The molecule has 2 unspecified atom stereocenters. The third-order valence-corrected chi connectivity index (χ3v) is 9.12. The minimum absolute atomic E-state index is 0.0192. The summed E-state index contributed by atoms with van der Waals surface area (Å²) in [5.74, 6) is -0.246. The maximum Gasteiger partial charge on any atom is 0.227 e. The molecule has 0 radical (unpaired) electrons. The number of nitrogens with one attached hydrogen (secondary N) is 1. The van der Waals surface area contributed by atoms with Crippen molar-refractivity contribution in [1.29, 1.82) is 0 Å². The van der Waals surface area contributed by atoms with E-state index in [0.717, 1.165) is 22.4 Å². The quantitative estimate of drug-likeness (QED) is 0.210. The van der Waals surface area contributed by atoms with Crippen LogP contribution >= 0.6 is 0 Å². The van der Waals surface area contributed by atoms with Gasteiger partial charge in [-0.3, -0.25) is 14.4 Å². The molecule has 1 aliphatic rings. The number of anilines is 1. The average molecular weight is 647 g/mol. The number of nitrogens with zero attached hydrogens (tertiary/aromatic N) is 3. The third-order valence-electron chi connectivity index (χ3n) is 9.12. The maximum atomic E-state index is 13.9. The summed E-state index contributed by atoms with van der Waals surface area (Å²) >= 11 is 0. The molecule has 47 heavy (non-hydrogen) atoms. The molecule has 0 saturated carbocycles. The van der Waals surface area contributed by atoms with Crippen LogP contribution in [0.15, 0.2) is 54.9 Å². The van der Waals surface area contributed by atoms with Gasteiger partial charge in [-0.15, -0.1) is 0 Å². The number of benzene rings is 2. The number of hydrogen-bond acceptors (Lipinski definition) is 7. The highest BCUT2D eigenvalue weighted by atomic mass is 16.5. The number of rotatable bonds is 15. The summed E-state index contributed by atoms with van der Waals surface area (Å²) in [6.07, 6.45) is 1.98. The summed E-state index contributed by atoms with van der Waals surface area (Å²) in [5.41, 5.74) is 3.51. The first-order valence-corrected chi connectivity index (χ1v) is 16.5. The zero-order valence-corrected chi connectivity index (χ0v) is 28.8. The molecule has 2 N–H and O–H groups in total. The Balaban J connectivity index is 1.46. The van der Waals surface area contributed by atoms with E-state index in [2.05, 4.69) is 5.32 Å². The highest BCUT2D eigenvalue weighted by molar-refractivity contribution is 6.01. The largest absolute Gasteiger partial charge is 0.380 e. The normalized spacial score (nSPS) is 14.7. The van der Waals surface area contributed by atoms with E-state index in [1.54, 1.807) is 15.8 Å². The smallest absolute Gasteiger partial charge is 0.227 e. The van der Waals surface area contributed by atoms with Crippen molar-refractivity contribution in [2.24, 2.45) is 11.3 Å². The number of ketones is 1. The van der Waals surface area contributed by atoms with Crippen LogP contribution < -0.4 is 10.2 Å². The molecule has 0 saturated heterocycles. The van der Waals surface area contributed by atoms with Crippen molar-refractivity contribution in [1.82, 2.24) is 14.9 Å². The Kier molecular flexibility index (Phi) is 11.8. The van der Waals surface area contributed by atoms with E-state index in [1.807, 2.05) is 90.1 Å². The van der Waals surface area contributed by atoms with E-state index in [0.29, 0.717) is 37.4 Å². The highest BCUT2D eigenvalue weighted by Crippen LogP contribution is 2.42. The van der Waals surface area contributed by atoms with Crippen molar-refractivity contribution in [3.05, 3.63) is 60.4 Å². The molecular weight excluding hydrogens is 596 g/mol. The van der Waals surface area contributed by atoms with Crippen molar-refractivity contribution >= 4 is 23.3 Å². The van der Waals surface area contributed by atoms with Gasteiger partial charge in [-0.2, -0.15) is 0 Å². The Morgan fingerprint density at radius 1 is 1.02 bits per heavy atom. The first-order valence-electron chi connectivity index (χ1n) is 16.5. The maximum absolute atomic E-state index is 13.9. The lowest BCUT2D eigenvalue weighted by Gasteiger charge is -2.32. The molecule has 0 aliphatic carbocycles. The molecule has 0 bridgehead atoms. The second-order valence-electron chi connectivity index (χ2n) is 13.5. The Morgan fingerprint density at radius 3 is 2.38 bits per heavy atom. The third kappa shape index (κ3) is 8.36. The Bertz CT molecular complexity index is 1560. The van der Waals surface area contributed by atoms with Gasteiger partial charge < -0.3 is 29.4 Å². The molecule has 2 aromatic carbocycles. The molecular formula is C37H50N4O6. The molecule has 1 aliphatic heterocycles. The second kappa shape index (κ2) is 15.4. The van der Waals surface area contributed by atoms with Gasteiger partial charge in [0.1, 0.15) is 5.78 Å². The van der Waals surface area contributed by atoms with Gasteiger partial charge >= 0.3 is 0 Å². The Labute approximate surface area is 278 Å². The van der Waals surface area contributed by atoms with Gasteiger partial charge in [-0.25, -0.2) is 4.98 Å². The highest BCUT2D eigenvalue weighted by Gasteiger charge is 2.32. The van der Waals surface area contributed by atoms with Crippen LogP contribution in [0.3, 0.4) is 0 Å². The van der Waals surface area contributed by atoms with Crippen LogP contribution in [0.25, 0.3) is 22.5 Å². The first kappa shape index (κ1) is 36.0. The van der Waals surface area contributed by atoms with E-state index < -0.39 is 17.2 Å². The summed E-state index contributed by atoms with van der Waals surface area (Å²) in [7, 11) is 1.54. The summed E-state index contributed by atoms with van der Waals surface area (Å²) in [5, 5.41) is 13.8. The Morgan fingerprint density at radius 2 is 1.70 bits per heavy atom. The zero-order chi connectivity index (χ0) is 34.4. The van der Waals surface area contributed by atoms with Crippen LogP contribution in [0.4, 0.5) is 5.69 Å². The number of methoxy groups -OCH3 is 1. The molecule has 254 valence electrons. The molecule has 0 spiro atoms. The van der Waals surface area contributed by atoms with Gasteiger partial charge in [0.05, 0.1) is 42.2 Å². The van der Waals surface area contributed by atoms with Crippen molar-refractivity contribution in [3.8, 4) is 22.5 Å².